The number of rotatable bonds is 3. The smallest absolute Gasteiger partial charge is 0.0641 e. The fourth-order valence-electron chi connectivity index (χ4n) is 0.254. The van der Waals surface area contributed by atoms with Crippen molar-refractivity contribution >= 4 is 0 Å². The van der Waals surface area contributed by atoms with Crippen LogP contribution in [0.4, 0.5) is 0 Å². The maximum Gasteiger partial charge on any atom is 0.0641 e. The van der Waals surface area contributed by atoms with Gasteiger partial charge in [0.05, 0.1) is 6.61 Å². The van der Waals surface area contributed by atoms with Crippen molar-refractivity contribution in [1.82, 2.24) is 0 Å². The van der Waals surface area contributed by atoms with Crippen LogP contribution in [0.2, 0.25) is 0 Å². The van der Waals surface area contributed by atoms with Gasteiger partial charge in [0.15, 0.2) is 0 Å². The van der Waals surface area contributed by atoms with Gasteiger partial charge in [0.1, 0.15) is 0 Å². The van der Waals surface area contributed by atoms with Crippen LogP contribution >= 0.6 is 0 Å². The van der Waals surface area contributed by atoms with Crippen LogP contribution in [0.3, 0.4) is 0 Å². The van der Waals surface area contributed by atoms with Crippen molar-refractivity contribution in [2.75, 3.05) is 13.7 Å². The van der Waals surface area contributed by atoms with Crippen LogP contribution in [0, 0.1) is 0 Å². The number of hydrogen-bond acceptors (Lipinski definition) is 1. The van der Waals surface area contributed by atoms with Gasteiger partial charge in [-0.3, -0.25) is 0 Å². The molecule has 10 heavy (non-hydrogen) atoms. The topological polar surface area (TPSA) is 9.23 Å². The Hall–Kier alpha value is -0.820. The third-order valence-corrected chi connectivity index (χ3v) is 0.613. The van der Waals surface area contributed by atoms with E-state index >= 15 is 0 Å². The summed E-state index contributed by atoms with van der Waals surface area (Å²) < 4.78 is 4.57. The first-order chi connectivity index (χ1) is 4.83. The van der Waals surface area contributed by atoms with Crippen LogP contribution in [0.1, 0.15) is 6.92 Å². The second-order valence-corrected chi connectivity index (χ2v) is 1.51. The summed E-state index contributed by atoms with van der Waals surface area (Å²) in [6, 6.07) is 0. The zero-order valence-electron chi connectivity index (χ0n) is 6.84. The van der Waals surface area contributed by atoms with Gasteiger partial charge in [0.25, 0.3) is 0 Å². The van der Waals surface area contributed by atoms with Crippen molar-refractivity contribution in [2.45, 2.75) is 6.92 Å². The second-order valence-electron chi connectivity index (χ2n) is 1.51. The van der Waals surface area contributed by atoms with Gasteiger partial charge in [-0.25, -0.2) is 0 Å². The lowest BCUT2D eigenvalue weighted by atomic mass is 10.5. The lowest BCUT2D eigenvalue weighted by molar-refractivity contribution is 0.234. The lowest BCUT2D eigenvalue weighted by Crippen LogP contribution is -1.76. The molecular formula is C9H16O. The zero-order chi connectivity index (χ0) is 8.24. The highest BCUT2D eigenvalue weighted by Gasteiger charge is 1.58. The number of methoxy groups -OCH3 is 1. The number of ether oxygens (including phenoxy) is 1. The van der Waals surface area contributed by atoms with Crippen molar-refractivity contribution < 1.29 is 4.74 Å². The summed E-state index contributed by atoms with van der Waals surface area (Å²) >= 11 is 0. The predicted octanol–water partition coefficient (Wildman–Crippen LogP) is 2.57. The molecule has 0 aliphatic rings. The van der Waals surface area contributed by atoms with E-state index in [1.165, 1.54) is 0 Å². The Morgan fingerprint density at radius 1 is 1.40 bits per heavy atom. The van der Waals surface area contributed by atoms with Crippen LogP contribution in [0.25, 0.3) is 0 Å². The van der Waals surface area contributed by atoms with E-state index in [9.17, 15) is 0 Å². The van der Waals surface area contributed by atoms with Gasteiger partial charge in [-0.05, 0) is 6.92 Å². The van der Waals surface area contributed by atoms with E-state index in [1.54, 1.807) is 19.3 Å². The van der Waals surface area contributed by atoms with Crippen LogP contribution in [0.5, 0.6) is 0 Å². The summed E-state index contributed by atoms with van der Waals surface area (Å²) in [6.07, 6.45) is 7.28. The van der Waals surface area contributed by atoms with E-state index in [-0.39, 0.29) is 0 Å². The fraction of sp³-hybridized carbons (Fsp3) is 0.333. The van der Waals surface area contributed by atoms with Gasteiger partial charge in [0, 0.05) is 7.11 Å². The van der Waals surface area contributed by atoms with Gasteiger partial charge in [-0.1, -0.05) is 30.9 Å². The van der Waals surface area contributed by atoms with E-state index < -0.39 is 0 Å². The van der Waals surface area contributed by atoms with Crippen molar-refractivity contribution in [2.24, 2.45) is 0 Å². The Bertz CT molecular complexity index is 92.9. The molecule has 0 aliphatic heterocycles. The first-order valence-electron chi connectivity index (χ1n) is 3.17. The predicted molar refractivity (Wildman–Crippen MR) is 47.1 cm³/mol. The van der Waals surface area contributed by atoms with Crippen molar-refractivity contribution in [3.05, 3.63) is 37.5 Å². The molecule has 0 aromatic carbocycles. The Morgan fingerprint density at radius 2 is 2.00 bits per heavy atom. The molecule has 0 amide bonds. The maximum absolute atomic E-state index is 4.57. The minimum Gasteiger partial charge on any atom is -0.381 e. The van der Waals surface area contributed by atoms with E-state index in [0.717, 1.165) is 0 Å². The van der Waals surface area contributed by atoms with Crippen molar-refractivity contribution in [3.63, 3.8) is 0 Å². The Kier molecular flexibility index (Phi) is 18.7. The molecule has 0 N–H and O–H groups in total. The normalized spacial score (nSPS) is 8.20. The highest BCUT2D eigenvalue weighted by molar-refractivity contribution is 4.94. The largest absolute Gasteiger partial charge is 0.381 e. The summed E-state index contributed by atoms with van der Waals surface area (Å²) in [6.45, 7) is 9.50. The molecule has 0 aliphatic carbocycles. The van der Waals surface area contributed by atoms with Crippen molar-refractivity contribution in [1.29, 1.82) is 0 Å². The molecule has 0 fully saturated rings. The van der Waals surface area contributed by atoms with Gasteiger partial charge >= 0.3 is 0 Å². The summed E-state index contributed by atoms with van der Waals surface area (Å²) in [5, 5.41) is 0. The third kappa shape index (κ3) is 27.1. The molecule has 0 saturated heterocycles. The average molecular weight is 140 g/mol. The van der Waals surface area contributed by atoms with Crippen LogP contribution in [-0.2, 0) is 4.74 Å². The molecule has 1 heteroatoms. The van der Waals surface area contributed by atoms with Gasteiger partial charge < -0.3 is 4.74 Å². The fourth-order valence-corrected chi connectivity index (χ4v) is 0.254. The molecule has 0 atom stereocenters. The van der Waals surface area contributed by atoms with Crippen molar-refractivity contribution in [3.8, 4) is 0 Å². The summed E-state index contributed by atoms with van der Waals surface area (Å²) in [4.78, 5) is 0. The second kappa shape index (κ2) is 15.7. The Labute approximate surface area is 63.7 Å². The molecule has 0 spiro atoms. The quantitative estimate of drug-likeness (QED) is 0.432. The van der Waals surface area contributed by atoms with E-state index in [2.05, 4.69) is 17.9 Å². The molecule has 0 aromatic heterocycles. The van der Waals surface area contributed by atoms with E-state index in [0.29, 0.717) is 6.61 Å². The third-order valence-electron chi connectivity index (χ3n) is 0.613. The minimum absolute atomic E-state index is 0.653. The van der Waals surface area contributed by atoms with Gasteiger partial charge in [-0.15, -0.1) is 6.58 Å². The molecule has 58 valence electrons. The minimum atomic E-state index is 0.653. The first kappa shape index (κ1) is 11.9. The molecule has 0 aromatic rings. The highest BCUT2D eigenvalue weighted by atomic mass is 16.5. The van der Waals surface area contributed by atoms with Gasteiger partial charge in [-0.2, -0.15) is 0 Å². The van der Waals surface area contributed by atoms with E-state index in [1.807, 2.05) is 19.1 Å². The lowest BCUT2D eigenvalue weighted by Gasteiger charge is -1.79. The van der Waals surface area contributed by atoms with Crippen LogP contribution in [-0.4, -0.2) is 13.7 Å². The molecule has 0 unspecified atom stereocenters. The first-order valence-corrected chi connectivity index (χ1v) is 3.17. The number of allylic oxidation sites excluding steroid dienone is 3. The molecule has 1 nitrogen and oxygen atoms in total. The molecule has 0 saturated carbocycles. The standard InChI is InChI=1S/C5H8.C4H8O/c1-3-5-4-2;1-3-4-5-2/h3-5H,1H2,2H3;3H,1,4H2,2H3/b5-4+;. The van der Waals surface area contributed by atoms with Gasteiger partial charge in [0.2, 0.25) is 0 Å². The monoisotopic (exact) mass is 140 g/mol. The Morgan fingerprint density at radius 3 is 2.00 bits per heavy atom. The zero-order valence-corrected chi connectivity index (χ0v) is 6.84. The van der Waals surface area contributed by atoms with E-state index in [4.69, 9.17) is 0 Å². The maximum atomic E-state index is 4.57. The molecule has 0 radical (unpaired) electrons. The highest BCUT2D eigenvalue weighted by Crippen LogP contribution is 1.64. The summed E-state index contributed by atoms with van der Waals surface area (Å²) in [5.41, 5.74) is 0. The van der Waals surface area contributed by atoms with Crippen LogP contribution < -0.4 is 0 Å². The molecule has 0 rings (SSSR count). The summed E-state index contributed by atoms with van der Waals surface area (Å²) in [7, 11) is 1.64. The molecule has 0 heterocycles. The van der Waals surface area contributed by atoms with Crippen LogP contribution in [0.15, 0.2) is 37.5 Å². The molecule has 0 bridgehead atoms. The SMILES string of the molecule is C=C/C=C/C.C=CCOC. The molecular weight excluding hydrogens is 124 g/mol. The Balaban J connectivity index is 0. The average Bonchev–Trinajstić information content (AvgIpc) is 1.93. The number of hydrogen-bond donors (Lipinski definition) is 0. The summed E-state index contributed by atoms with van der Waals surface area (Å²) in [5.74, 6) is 0.